The molecule has 1 fully saturated rings. The minimum atomic E-state index is -0.535. The number of aliphatic imine (C=N–C) groups is 1. The topological polar surface area (TPSA) is 98.3 Å². The Bertz CT molecular complexity index is 609. The van der Waals surface area contributed by atoms with Gasteiger partial charge in [0.2, 0.25) is 5.91 Å². The van der Waals surface area contributed by atoms with Crippen molar-refractivity contribution < 1.29 is 14.3 Å². The van der Waals surface area contributed by atoms with Gasteiger partial charge in [0.15, 0.2) is 5.96 Å². The van der Waals surface area contributed by atoms with Gasteiger partial charge < -0.3 is 25.6 Å². The summed E-state index contributed by atoms with van der Waals surface area (Å²) in [4.78, 5) is 33.2. The van der Waals surface area contributed by atoms with Crippen molar-refractivity contribution in [2.45, 2.75) is 78.5 Å². The lowest BCUT2D eigenvalue weighted by molar-refractivity contribution is -0.123. The number of alkyl carbamates (subject to hydrolysis) is 1. The predicted molar refractivity (Wildman–Crippen MR) is 141 cm³/mol. The summed E-state index contributed by atoms with van der Waals surface area (Å²) in [5.74, 6) is 0.874. The Morgan fingerprint density at radius 2 is 1.62 bits per heavy atom. The SMILES string of the molecule is CCC(CC)(CNC(=NC)N1CCN(CC(=O)NC(C)C)CC1)NC(=O)OC(C)(C)C.I. The lowest BCUT2D eigenvalue weighted by atomic mass is 9.93. The van der Waals surface area contributed by atoms with Crippen LogP contribution in [0.3, 0.4) is 0 Å². The Kier molecular flexibility index (Phi) is 13.5. The molecule has 1 aliphatic heterocycles. The molecular formula is C22H45IN6O3. The van der Waals surface area contributed by atoms with Gasteiger partial charge in [-0.25, -0.2) is 4.79 Å². The average molecular weight is 569 g/mol. The maximum absolute atomic E-state index is 12.4. The molecule has 9 nitrogen and oxygen atoms in total. The van der Waals surface area contributed by atoms with E-state index in [9.17, 15) is 9.59 Å². The molecule has 0 atom stereocenters. The van der Waals surface area contributed by atoms with Crippen LogP contribution in [0.1, 0.15) is 61.3 Å². The molecule has 0 radical (unpaired) electrons. The third-order valence-electron chi connectivity index (χ3n) is 5.41. The Balaban J connectivity index is 0.00000961. The smallest absolute Gasteiger partial charge is 0.408 e. The van der Waals surface area contributed by atoms with Crippen molar-refractivity contribution in [3.05, 3.63) is 0 Å². The summed E-state index contributed by atoms with van der Waals surface area (Å²) in [5.41, 5.74) is -0.957. The summed E-state index contributed by atoms with van der Waals surface area (Å²) in [6.45, 7) is 17.8. The highest BCUT2D eigenvalue weighted by Crippen LogP contribution is 2.16. The first-order valence-electron chi connectivity index (χ1n) is 11.4. The predicted octanol–water partition coefficient (Wildman–Crippen LogP) is 2.41. The second-order valence-electron chi connectivity index (χ2n) is 9.50. The van der Waals surface area contributed by atoms with Gasteiger partial charge in [0.05, 0.1) is 12.1 Å². The monoisotopic (exact) mass is 568 g/mol. The van der Waals surface area contributed by atoms with Gasteiger partial charge in [0.1, 0.15) is 5.60 Å². The number of hydrogen-bond donors (Lipinski definition) is 3. The fourth-order valence-electron chi connectivity index (χ4n) is 3.51. The van der Waals surface area contributed by atoms with Crippen LogP contribution in [0.5, 0.6) is 0 Å². The number of carbonyl (C=O) groups is 2. The molecule has 0 aromatic rings. The molecular weight excluding hydrogens is 523 g/mol. The van der Waals surface area contributed by atoms with Crippen LogP contribution >= 0.6 is 24.0 Å². The normalized spacial score (nSPS) is 15.8. The van der Waals surface area contributed by atoms with E-state index in [4.69, 9.17) is 4.74 Å². The van der Waals surface area contributed by atoms with Crippen molar-refractivity contribution in [1.82, 2.24) is 25.8 Å². The van der Waals surface area contributed by atoms with Crippen LogP contribution in [0.4, 0.5) is 4.79 Å². The van der Waals surface area contributed by atoms with Crippen molar-refractivity contribution in [2.24, 2.45) is 4.99 Å². The van der Waals surface area contributed by atoms with Crippen LogP contribution in [0.15, 0.2) is 4.99 Å². The number of halogens is 1. The van der Waals surface area contributed by atoms with Crippen LogP contribution < -0.4 is 16.0 Å². The molecule has 1 rings (SSSR count). The van der Waals surface area contributed by atoms with Crippen LogP contribution in [-0.4, -0.2) is 91.3 Å². The number of rotatable bonds is 8. The molecule has 2 amide bonds. The summed E-state index contributed by atoms with van der Waals surface area (Å²) < 4.78 is 5.46. The number of nitrogens with zero attached hydrogens (tertiary/aromatic N) is 3. The van der Waals surface area contributed by atoms with Gasteiger partial charge in [0, 0.05) is 45.8 Å². The lowest BCUT2D eigenvalue weighted by Gasteiger charge is -2.38. The summed E-state index contributed by atoms with van der Waals surface area (Å²) in [7, 11) is 1.77. The van der Waals surface area contributed by atoms with E-state index >= 15 is 0 Å². The van der Waals surface area contributed by atoms with Gasteiger partial charge in [-0.05, 0) is 47.5 Å². The Labute approximate surface area is 211 Å². The molecule has 188 valence electrons. The summed E-state index contributed by atoms with van der Waals surface area (Å²) in [6.07, 6.45) is 1.14. The summed E-state index contributed by atoms with van der Waals surface area (Å²) in [6, 6.07) is 0.156. The molecule has 0 aromatic carbocycles. The highest BCUT2D eigenvalue weighted by Gasteiger charge is 2.31. The fourth-order valence-corrected chi connectivity index (χ4v) is 3.51. The van der Waals surface area contributed by atoms with E-state index in [1.807, 2.05) is 34.6 Å². The molecule has 0 unspecified atom stereocenters. The average Bonchev–Trinajstić information content (AvgIpc) is 2.66. The minimum absolute atomic E-state index is 0. The minimum Gasteiger partial charge on any atom is -0.444 e. The maximum Gasteiger partial charge on any atom is 0.408 e. The third-order valence-corrected chi connectivity index (χ3v) is 5.41. The highest BCUT2D eigenvalue weighted by molar-refractivity contribution is 14.0. The van der Waals surface area contributed by atoms with Crippen molar-refractivity contribution >= 4 is 41.9 Å². The number of ether oxygens (including phenoxy) is 1. The Hall–Kier alpha value is -1.30. The van der Waals surface area contributed by atoms with Crippen molar-refractivity contribution in [1.29, 1.82) is 0 Å². The number of hydrogen-bond acceptors (Lipinski definition) is 5. The first-order valence-corrected chi connectivity index (χ1v) is 11.4. The second kappa shape index (κ2) is 14.1. The van der Waals surface area contributed by atoms with E-state index < -0.39 is 17.2 Å². The van der Waals surface area contributed by atoms with Gasteiger partial charge in [-0.2, -0.15) is 0 Å². The first kappa shape index (κ1) is 30.7. The van der Waals surface area contributed by atoms with Crippen LogP contribution in [0.25, 0.3) is 0 Å². The van der Waals surface area contributed by atoms with E-state index in [1.54, 1.807) is 7.05 Å². The number of piperazine rings is 1. The molecule has 1 aliphatic rings. The molecule has 32 heavy (non-hydrogen) atoms. The van der Waals surface area contributed by atoms with Crippen molar-refractivity contribution in [3.63, 3.8) is 0 Å². The Morgan fingerprint density at radius 1 is 1.06 bits per heavy atom. The molecule has 0 bridgehead atoms. The first-order chi connectivity index (χ1) is 14.4. The molecule has 0 saturated carbocycles. The number of amides is 2. The van der Waals surface area contributed by atoms with Crippen LogP contribution in [-0.2, 0) is 9.53 Å². The van der Waals surface area contributed by atoms with E-state index in [-0.39, 0.29) is 35.9 Å². The quantitative estimate of drug-likeness (QED) is 0.237. The van der Waals surface area contributed by atoms with E-state index in [1.165, 1.54) is 0 Å². The molecule has 10 heteroatoms. The van der Waals surface area contributed by atoms with E-state index in [0.717, 1.165) is 45.0 Å². The van der Waals surface area contributed by atoms with Gasteiger partial charge in [-0.15, -0.1) is 24.0 Å². The van der Waals surface area contributed by atoms with Gasteiger partial charge in [0.25, 0.3) is 0 Å². The number of carbonyl (C=O) groups excluding carboxylic acids is 2. The zero-order chi connectivity index (χ0) is 23.7. The Morgan fingerprint density at radius 3 is 2.06 bits per heavy atom. The van der Waals surface area contributed by atoms with E-state index in [0.29, 0.717) is 13.1 Å². The largest absolute Gasteiger partial charge is 0.444 e. The fraction of sp³-hybridized carbons (Fsp3) is 0.864. The van der Waals surface area contributed by atoms with Crippen molar-refractivity contribution in [3.8, 4) is 0 Å². The molecule has 1 heterocycles. The third kappa shape index (κ3) is 11.0. The van der Waals surface area contributed by atoms with E-state index in [2.05, 4.69) is 44.6 Å². The van der Waals surface area contributed by atoms with Crippen LogP contribution in [0, 0.1) is 0 Å². The van der Waals surface area contributed by atoms with Crippen molar-refractivity contribution in [2.75, 3.05) is 46.3 Å². The zero-order valence-electron chi connectivity index (χ0n) is 21.2. The van der Waals surface area contributed by atoms with Gasteiger partial charge in [-0.3, -0.25) is 14.7 Å². The number of nitrogens with one attached hydrogen (secondary N) is 3. The highest BCUT2D eigenvalue weighted by atomic mass is 127. The standard InChI is InChI=1S/C22H44N6O3.HI/c1-9-22(10-2,26-20(30)31-21(5,6)7)16-24-19(23-8)28-13-11-27(12-14-28)15-18(29)25-17(3)4;/h17H,9-16H2,1-8H3,(H,23,24)(H,25,29)(H,26,30);1H. The van der Waals surface area contributed by atoms with Gasteiger partial charge in [-0.1, -0.05) is 13.8 Å². The molecule has 3 N–H and O–H groups in total. The summed E-state index contributed by atoms with van der Waals surface area (Å²) in [5, 5.41) is 9.44. The second-order valence-corrected chi connectivity index (χ2v) is 9.50. The van der Waals surface area contributed by atoms with Gasteiger partial charge >= 0.3 is 6.09 Å². The molecule has 1 saturated heterocycles. The summed E-state index contributed by atoms with van der Waals surface area (Å²) >= 11 is 0. The zero-order valence-corrected chi connectivity index (χ0v) is 23.5. The van der Waals surface area contributed by atoms with Crippen LogP contribution in [0.2, 0.25) is 0 Å². The number of guanidine groups is 1. The molecule has 0 aliphatic carbocycles. The molecule has 0 spiro atoms. The molecule has 0 aromatic heterocycles. The lowest BCUT2D eigenvalue weighted by Crippen LogP contribution is -2.59. The maximum atomic E-state index is 12.4.